The molecule has 0 spiro atoms. The van der Waals surface area contributed by atoms with Crippen LogP contribution in [0.3, 0.4) is 0 Å². The van der Waals surface area contributed by atoms with Gasteiger partial charge in [-0.3, -0.25) is 4.98 Å². The van der Waals surface area contributed by atoms with Crippen LogP contribution in [0.4, 0.5) is 0 Å². The summed E-state index contributed by atoms with van der Waals surface area (Å²) in [6.45, 7) is 0. The third-order valence-electron chi connectivity index (χ3n) is 7.93. The van der Waals surface area contributed by atoms with Crippen molar-refractivity contribution in [2.24, 2.45) is 0 Å². The van der Waals surface area contributed by atoms with Crippen molar-refractivity contribution in [1.29, 1.82) is 0 Å². The van der Waals surface area contributed by atoms with Crippen LogP contribution < -0.4 is 0 Å². The molecule has 0 unspecified atom stereocenters. The summed E-state index contributed by atoms with van der Waals surface area (Å²) in [5.41, 5.74) is 6.96. The maximum Gasteiger partial charge on any atom is 0.160 e. The summed E-state index contributed by atoms with van der Waals surface area (Å²) >= 11 is 0. The second-order valence-electron chi connectivity index (χ2n) is 10.5. The summed E-state index contributed by atoms with van der Waals surface area (Å²) in [6, 6.07) is 50.7. The van der Waals surface area contributed by atoms with Gasteiger partial charge in [-0.25, -0.2) is 9.97 Å². The Morgan fingerprint density at radius 1 is 0.357 bits per heavy atom. The van der Waals surface area contributed by atoms with E-state index in [-0.39, 0.29) is 0 Å². The van der Waals surface area contributed by atoms with E-state index in [1.54, 1.807) is 0 Å². The average molecular weight is 536 g/mol. The van der Waals surface area contributed by atoms with E-state index in [9.17, 15) is 0 Å². The van der Waals surface area contributed by atoms with E-state index < -0.39 is 0 Å². The highest BCUT2D eigenvalue weighted by molar-refractivity contribution is 5.99. The molecule has 0 atom stereocenters. The Morgan fingerprint density at radius 3 is 1.48 bits per heavy atom. The lowest BCUT2D eigenvalue weighted by Gasteiger charge is -2.13. The second kappa shape index (κ2) is 10.1. The number of aromatic nitrogens is 3. The minimum absolute atomic E-state index is 0.696. The van der Waals surface area contributed by atoms with E-state index in [4.69, 9.17) is 15.0 Å². The van der Waals surface area contributed by atoms with Crippen molar-refractivity contribution < 1.29 is 0 Å². The normalized spacial score (nSPS) is 11.3. The van der Waals surface area contributed by atoms with Gasteiger partial charge in [0.05, 0.1) is 17.1 Å². The van der Waals surface area contributed by atoms with Crippen molar-refractivity contribution in [2.75, 3.05) is 0 Å². The van der Waals surface area contributed by atoms with Crippen LogP contribution in [0.2, 0.25) is 0 Å². The molecule has 0 saturated heterocycles. The van der Waals surface area contributed by atoms with Gasteiger partial charge in [0.25, 0.3) is 0 Å². The first kappa shape index (κ1) is 24.2. The highest BCUT2D eigenvalue weighted by Crippen LogP contribution is 2.34. The molecule has 3 nitrogen and oxygen atoms in total. The van der Waals surface area contributed by atoms with Gasteiger partial charge in [-0.1, -0.05) is 133 Å². The molecule has 0 aliphatic heterocycles. The minimum atomic E-state index is 0.696. The van der Waals surface area contributed by atoms with Crippen LogP contribution in [0, 0.1) is 0 Å². The largest absolute Gasteiger partial charge is 0.256 e. The Kier molecular flexibility index (Phi) is 5.79. The molecule has 0 radical (unpaired) electrons. The maximum atomic E-state index is 5.15. The third kappa shape index (κ3) is 4.29. The molecular formula is C39H25N3. The number of benzene rings is 6. The van der Waals surface area contributed by atoms with Crippen molar-refractivity contribution in [3.8, 4) is 45.2 Å². The second-order valence-corrected chi connectivity index (χ2v) is 10.5. The van der Waals surface area contributed by atoms with Gasteiger partial charge in [0.2, 0.25) is 0 Å². The minimum Gasteiger partial charge on any atom is -0.256 e. The lowest BCUT2D eigenvalue weighted by molar-refractivity contribution is 1.19. The summed E-state index contributed by atoms with van der Waals surface area (Å²) in [6.07, 6.45) is 1.94. The molecule has 0 fully saturated rings. The monoisotopic (exact) mass is 535 g/mol. The number of pyridine rings is 1. The zero-order valence-corrected chi connectivity index (χ0v) is 22.8. The fourth-order valence-corrected chi connectivity index (χ4v) is 5.78. The van der Waals surface area contributed by atoms with Crippen LogP contribution in [0.15, 0.2) is 152 Å². The van der Waals surface area contributed by atoms with Gasteiger partial charge in [0, 0.05) is 33.8 Å². The van der Waals surface area contributed by atoms with E-state index >= 15 is 0 Å². The number of rotatable bonds is 4. The first-order chi connectivity index (χ1) is 20.8. The van der Waals surface area contributed by atoms with Gasteiger partial charge in [0.15, 0.2) is 5.82 Å². The first-order valence-corrected chi connectivity index (χ1v) is 14.1. The van der Waals surface area contributed by atoms with E-state index in [1.807, 2.05) is 12.3 Å². The van der Waals surface area contributed by atoms with Gasteiger partial charge in [-0.05, 0) is 39.1 Å². The van der Waals surface area contributed by atoms with E-state index in [0.717, 1.165) is 44.7 Å². The summed E-state index contributed by atoms with van der Waals surface area (Å²) < 4.78 is 0. The van der Waals surface area contributed by atoms with Gasteiger partial charge >= 0.3 is 0 Å². The summed E-state index contributed by atoms with van der Waals surface area (Å²) in [5, 5.41) is 7.04. The smallest absolute Gasteiger partial charge is 0.160 e. The quantitative estimate of drug-likeness (QED) is 0.225. The van der Waals surface area contributed by atoms with Crippen LogP contribution in [-0.2, 0) is 0 Å². The molecule has 196 valence electrons. The first-order valence-electron chi connectivity index (χ1n) is 14.1. The van der Waals surface area contributed by atoms with Crippen molar-refractivity contribution >= 4 is 32.3 Å². The molecule has 0 bridgehead atoms. The number of hydrogen-bond acceptors (Lipinski definition) is 3. The zero-order valence-electron chi connectivity index (χ0n) is 22.8. The molecule has 6 aromatic carbocycles. The molecule has 0 N–H and O–H groups in total. The SMILES string of the molecule is c1ccc2cc(-c3ccc(-c4nc(-c5cccc6ccccc56)cc(-c5cccc6ccccc56)n4)cc3)ncc2c1. The van der Waals surface area contributed by atoms with Crippen LogP contribution in [-0.4, -0.2) is 15.0 Å². The summed E-state index contributed by atoms with van der Waals surface area (Å²) in [5.74, 6) is 0.696. The highest BCUT2D eigenvalue weighted by Gasteiger charge is 2.14. The van der Waals surface area contributed by atoms with Gasteiger partial charge < -0.3 is 0 Å². The van der Waals surface area contributed by atoms with Crippen molar-refractivity contribution in [3.05, 3.63) is 152 Å². The summed E-state index contributed by atoms with van der Waals surface area (Å²) in [7, 11) is 0. The molecule has 0 amide bonds. The Bertz CT molecular complexity index is 2140. The number of hydrogen-bond donors (Lipinski definition) is 0. The molecule has 0 aliphatic rings. The fraction of sp³-hybridized carbons (Fsp3) is 0. The topological polar surface area (TPSA) is 38.7 Å². The van der Waals surface area contributed by atoms with Gasteiger partial charge in [-0.15, -0.1) is 0 Å². The van der Waals surface area contributed by atoms with E-state index in [2.05, 4.69) is 140 Å². The van der Waals surface area contributed by atoms with Crippen LogP contribution in [0.5, 0.6) is 0 Å². The average Bonchev–Trinajstić information content (AvgIpc) is 3.07. The highest BCUT2D eigenvalue weighted by atomic mass is 14.9. The Balaban J connectivity index is 1.29. The molecule has 0 saturated carbocycles. The van der Waals surface area contributed by atoms with Crippen LogP contribution >= 0.6 is 0 Å². The molecule has 3 heteroatoms. The molecule has 42 heavy (non-hydrogen) atoms. The summed E-state index contributed by atoms with van der Waals surface area (Å²) in [4.78, 5) is 15.0. The van der Waals surface area contributed by atoms with Crippen LogP contribution in [0.25, 0.3) is 77.5 Å². The molecule has 8 aromatic rings. The number of fused-ring (bicyclic) bond motifs is 3. The Hall–Kier alpha value is -5.67. The molecule has 0 aliphatic carbocycles. The standard InChI is InChI=1S/C39H25N3/c1-2-12-31-25-40-36(23-30(31)11-1)28-19-21-29(22-20-28)39-41-37(34-17-7-13-26-9-3-5-15-32(26)34)24-38(42-39)35-18-8-14-27-10-4-6-16-33(27)35/h1-25H. The van der Waals surface area contributed by atoms with Crippen molar-refractivity contribution in [3.63, 3.8) is 0 Å². The maximum absolute atomic E-state index is 5.15. The molecule has 2 aromatic heterocycles. The predicted octanol–water partition coefficient (Wildman–Crippen LogP) is 10.00. The van der Waals surface area contributed by atoms with E-state index in [1.165, 1.54) is 26.9 Å². The Labute approximate surface area is 243 Å². The fourth-order valence-electron chi connectivity index (χ4n) is 5.78. The van der Waals surface area contributed by atoms with Gasteiger partial charge in [0.1, 0.15) is 0 Å². The van der Waals surface area contributed by atoms with Gasteiger partial charge in [-0.2, -0.15) is 0 Å². The van der Waals surface area contributed by atoms with Crippen LogP contribution in [0.1, 0.15) is 0 Å². The predicted molar refractivity (Wildman–Crippen MR) is 174 cm³/mol. The van der Waals surface area contributed by atoms with Crippen molar-refractivity contribution in [2.45, 2.75) is 0 Å². The molecule has 8 rings (SSSR count). The van der Waals surface area contributed by atoms with E-state index in [0.29, 0.717) is 5.82 Å². The lowest BCUT2D eigenvalue weighted by atomic mass is 9.98. The number of nitrogens with zero attached hydrogens (tertiary/aromatic N) is 3. The third-order valence-corrected chi connectivity index (χ3v) is 7.93. The molecule has 2 heterocycles. The lowest BCUT2D eigenvalue weighted by Crippen LogP contribution is -1.97. The van der Waals surface area contributed by atoms with Crippen molar-refractivity contribution in [1.82, 2.24) is 15.0 Å². The zero-order chi connectivity index (χ0) is 27.9. The Morgan fingerprint density at radius 2 is 0.857 bits per heavy atom. The molecular weight excluding hydrogens is 510 g/mol.